The van der Waals surface area contributed by atoms with Crippen LogP contribution >= 0.6 is 0 Å². The molecule has 0 N–H and O–H groups in total. The van der Waals surface area contributed by atoms with Crippen molar-refractivity contribution in [2.24, 2.45) is 0 Å². The van der Waals surface area contributed by atoms with E-state index in [0.29, 0.717) is 5.73 Å². The third kappa shape index (κ3) is 7.19. The van der Waals surface area contributed by atoms with Gasteiger partial charge in [-0.1, -0.05) is 43.4 Å². The zero-order chi connectivity index (χ0) is 18.4. The van der Waals surface area contributed by atoms with Gasteiger partial charge in [0.1, 0.15) is 0 Å². The lowest BCUT2D eigenvalue weighted by atomic mass is 10.1. The van der Waals surface area contributed by atoms with Crippen LogP contribution in [0.5, 0.6) is 0 Å². The van der Waals surface area contributed by atoms with Crippen molar-refractivity contribution < 1.29 is 8.85 Å². The second-order valence-electron chi connectivity index (χ2n) is 8.15. The number of rotatable bonds is 9. The maximum absolute atomic E-state index is 6.54. The van der Waals surface area contributed by atoms with Gasteiger partial charge in [0.05, 0.1) is 8.80 Å². The van der Waals surface area contributed by atoms with Crippen LogP contribution in [0, 0.1) is 0 Å². The Bertz CT molecular complexity index is 476. The average molecular weight is 368 g/mol. The quantitative estimate of drug-likeness (QED) is 0.605. The first-order valence-corrected chi connectivity index (χ1v) is 14.7. The molecular formula is C19H37NO2Si2. The monoisotopic (exact) mass is 367 g/mol. The normalized spacial score (nSPS) is 16.4. The predicted octanol–water partition coefficient (Wildman–Crippen LogP) is 4.37. The molecule has 0 saturated heterocycles. The SMILES string of the molecule is CCO[Si](C)(CN(Cc1ccccc1)C(C)(C)C)OC(C)[SiH](C)C. The maximum Gasteiger partial charge on any atom is 0.349 e. The molecular weight excluding hydrogens is 330 g/mol. The van der Waals surface area contributed by atoms with E-state index < -0.39 is 17.4 Å². The van der Waals surface area contributed by atoms with E-state index in [0.717, 1.165) is 19.3 Å². The van der Waals surface area contributed by atoms with Gasteiger partial charge in [0, 0.05) is 30.6 Å². The first kappa shape index (κ1) is 21.6. The summed E-state index contributed by atoms with van der Waals surface area (Å²) in [5.74, 6) is 0. The van der Waals surface area contributed by atoms with Gasteiger partial charge < -0.3 is 8.85 Å². The van der Waals surface area contributed by atoms with Crippen LogP contribution in [0.3, 0.4) is 0 Å². The van der Waals surface area contributed by atoms with Crippen molar-refractivity contribution in [3.05, 3.63) is 35.9 Å². The highest BCUT2D eigenvalue weighted by Crippen LogP contribution is 2.22. The lowest BCUT2D eigenvalue weighted by Gasteiger charge is -2.41. The summed E-state index contributed by atoms with van der Waals surface area (Å²) in [4.78, 5) is 2.51. The predicted molar refractivity (Wildman–Crippen MR) is 109 cm³/mol. The van der Waals surface area contributed by atoms with Gasteiger partial charge in [0.2, 0.25) is 0 Å². The summed E-state index contributed by atoms with van der Waals surface area (Å²) in [6.45, 7) is 19.7. The van der Waals surface area contributed by atoms with Crippen LogP contribution in [0.15, 0.2) is 30.3 Å². The van der Waals surface area contributed by atoms with Crippen molar-refractivity contribution in [2.75, 3.05) is 12.8 Å². The van der Waals surface area contributed by atoms with Gasteiger partial charge in [-0.2, -0.15) is 0 Å². The maximum atomic E-state index is 6.54. The van der Waals surface area contributed by atoms with Crippen LogP contribution in [0.25, 0.3) is 0 Å². The van der Waals surface area contributed by atoms with E-state index in [1.807, 2.05) is 0 Å². The summed E-state index contributed by atoms with van der Waals surface area (Å²) in [7, 11) is -3.07. The second kappa shape index (κ2) is 9.29. The molecule has 0 spiro atoms. The molecule has 0 aromatic heterocycles. The average Bonchev–Trinajstić information content (AvgIpc) is 2.46. The lowest BCUT2D eigenvalue weighted by molar-refractivity contribution is 0.103. The molecule has 1 aromatic carbocycles. The highest BCUT2D eigenvalue weighted by Gasteiger charge is 2.39. The van der Waals surface area contributed by atoms with Gasteiger partial charge in [-0.25, -0.2) is 0 Å². The molecule has 5 heteroatoms. The first-order valence-electron chi connectivity index (χ1n) is 9.18. The summed E-state index contributed by atoms with van der Waals surface area (Å²) in [5, 5.41) is 0. The van der Waals surface area contributed by atoms with Crippen LogP contribution in [-0.2, 0) is 15.4 Å². The van der Waals surface area contributed by atoms with Gasteiger partial charge in [0.25, 0.3) is 0 Å². The number of nitrogens with zero attached hydrogens (tertiary/aromatic N) is 1. The van der Waals surface area contributed by atoms with Gasteiger partial charge >= 0.3 is 8.56 Å². The van der Waals surface area contributed by atoms with Crippen LogP contribution in [0.4, 0.5) is 0 Å². The Balaban J connectivity index is 2.95. The minimum Gasteiger partial charge on any atom is -0.394 e. The molecule has 138 valence electrons. The summed E-state index contributed by atoms with van der Waals surface area (Å²) >= 11 is 0. The van der Waals surface area contributed by atoms with Crippen LogP contribution < -0.4 is 0 Å². The van der Waals surface area contributed by atoms with Crippen molar-refractivity contribution >= 4 is 17.4 Å². The fraction of sp³-hybridized carbons (Fsp3) is 0.684. The van der Waals surface area contributed by atoms with Crippen LogP contribution in [0.2, 0.25) is 19.6 Å². The number of hydrogen-bond donors (Lipinski definition) is 0. The van der Waals surface area contributed by atoms with E-state index in [1.165, 1.54) is 5.56 Å². The minimum atomic E-state index is -2.24. The minimum absolute atomic E-state index is 0.0725. The van der Waals surface area contributed by atoms with E-state index in [2.05, 4.69) is 89.5 Å². The van der Waals surface area contributed by atoms with Gasteiger partial charge in [-0.15, -0.1) is 0 Å². The van der Waals surface area contributed by atoms with Crippen molar-refractivity contribution in [1.29, 1.82) is 0 Å². The standard InChI is InChI=1S/C19H37NO2Si2/c1-9-21-24(8,22-17(2)23(6)7)16-20(19(3,4)5)15-18-13-11-10-12-14-18/h10-14,17,23H,9,15-16H2,1-8H3. The first-order chi connectivity index (χ1) is 11.1. The Hall–Kier alpha value is -0.466. The number of benzene rings is 1. The molecule has 3 nitrogen and oxygen atoms in total. The van der Waals surface area contributed by atoms with Crippen molar-refractivity contribution in [3.8, 4) is 0 Å². The van der Waals surface area contributed by atoms with Crippen molar-refractivity contribution in [1.82, 2.24) is 4.90 Å². The molecule has 0 fully saturated rings. The molecule has 0 saturated carbocycles. The largest absolute Gasteiger partial charge is 0.394 e. The Morgan fingerprint density at radius 3 is 2.21 bits per heavy atom. The second-order valence-corrected chi connectivity index (χ2v) is 14.7. The fourth-order valence-electron chi connectivity index (χ4n) is 2.63. The third-order valence-electron chi connectivity index (χ3n) is 4.47. The van der Waals surface area contributed by atoms with E-state index in [4.69, 9.17) is 8.85 Å². The van der Waals surface area contributed by atoms with Crippen LogP contribution in [-0.4, -0.2) is 46.3 Å². The van der Waals surface area contributed by atoms with E-state index in [-0.39, 0.29) is 5.54 Å². The van der Waals surface area contributed by atoms with Crippen LogP contribution in [0.1, 0.15) is 40.2 Å². The summed E-state index contributed by atoms with van der Waals surface area (Å²) in [5.41, 5.74) is 1.77. The van der Waals surface area contributed by atoms with Crippen molar-refractivity contribution in [3.63, 3.8) is 0 Å². The topological polar surface area (TPSA) is 21.7 Å². The molecule has 24 heavy (non-hydrogen) atoms. The van der Waals surface area contributed by atoms with Gasteiger partial charge in [-0.3, -0.25) is 4.90 Å². The lowest BCUT2D eigenvalue weighted by Crippen LogP contribution is -2.57. The zero-order valence-corrected chi connectivity index (χ0v) is 19.1. The van der Waals surface area contributed by atoms with E-state index in [1.54, 1.807) is 0 Å². The fourth-order valence-corrected chi connectivity index (χ4v) is 7.50. The molecule has 0 amide bonds. The van der Waals surface area contributed by atoms with E-state index in [9.17, 15) is 0 Å². The molecule has 0 heterocycles. The third-order valence-corrected chi connectivity index (χ3v) is 9.48. The molecule has 0 bridgehead atoms. The molecule has 0 aliphatic heterocycles. The summed E-state index contributed by atoms with van der Waals surface area (Å²) < 4.78 is 12.8. The highest BCUT2D eigenvalue weighted by molar-refractivity contribution is 6.68. The smallest absolute Gasteiger partial charge is 0.349 e. The Labute approximate surface area is 152 Å². The summed E-state index contributed by atoms with van der Waals surface area (Å²) in [6, 6.07) is 10.7. The summed E-state index contributed by atoms with van der Waals surface area (Å²) in [6.07, 6.45) is 0.894. The van der Waals surface area contributed by atoms with Gasteiger partial charge in [0.15, 0.2) is 0 Å². The Morgan fingerprint density at radius 1 is 1.17 bits per heavy atom. The molecule has 0 radical (unpaired) electrons. The number of hydrogen-bond acceptors (Lipinski definition) is 3. The zero-order valence-electron chi connectivity index (χ0n) is 16.9. The molecule has 2 unspecified atom stereocenters. The Morgan fingerprint density at radius 2 is 1.75 bits per heavy atom. The van der Waals surface area contributed by atoms with E-state index >= 15 is 0 Å². The Kier molecular flexibility index (Phi) is 8.35. The molecule has 2 atom stereocenters. The van der Waals surface area contributed by atoms with Crippen molar-refractivity contribution in [2.45, 2.75) is 72.1 Å². The van der Waals surface area contributed by atoms with Gasteiger partial charge in [-0.05, 0) is 46.7 Å². The molecule has 0 aliphatic rings. The molecule has 1 rings (SSSR count). The molecule has 0 aliphatic carbocycles. The molecule has 1 aromatic rings. The highest BCUT2D eigenvalue weighted by atomic mass is 28.4.